The molecule has 1 N–H and O–H groups in total. The van der Waals surface area contributed by atoms with Gasteiger partial charge in [0.1, 0.15) is 29.4 Å². The third kappa shape index (κ3) is 3.94. The third-order valence-electron chi connectivity index (χ3n) is 10.2. The average Bonchev–Trinajstić information content (AvgIpc) is 3.57. The van der Waals surface area contributed by atoms with Crippen LogP contribution in [0.2, 0.25) is 0 Å². The van der Waals surface area contributed by atoms with Crippen molar-refractivity contribution in [2.45, 2.75) is 50.0 Å². The van der Waals surface area contributed by atoms with Crippen molar-refractivity contribution in [2.24, 2.45) is 11.8 Å². The number of aromatic nitrogens is 3. The smallest absolute Gasteiger partial charge is 0.319 e. The Morgan fingerprint density at radius 1 is 0.976 bits per heavy atom. The standard InChI is InChI=1S/C32H32F3N5O2/c33-26-27(24-14-22(41)13-19-5-1-2-6-23(19)24)36-15-25-28(26)37-30(42-18-31-9-3-11-40(31)12-4-10-31)38-29(25)39-16-20-7-8-21(17-39)32(20,34)35/h1-2,5-6,13-15,20-21,41H,3-4,7-12,16-18H2. The fourth-order valence-electron chi connectivity index (χ4n) is 7.99. The number of pyridine rings is 1. The van der Waals surface area contributed by atoms with Crippen molar-refractivity contribution in [3.05, 3.63) is 48.4 Å². The van der Waals surface area contributed by atoms with Gasteiger partial charge in [-0.3, -0.25) is 9.88 Å². The van der Waals surface area contributed by atoms with E-state index in [1.54, 1.807) is 6.07 Å². The minimum atomic E-state index is -2.71. The van der Waals surface area contributed by atoms with Crippen LogP contribution in [0.4, 0.5) is 19.0 Å². The molecule has 10 heteroatoms. The van der Waals surface area contributed by atoms with E-state index in [-0.39, 0.29) is 41.6 Å². The molecule has 2 unspecified atom stereocenters. The maximum atomic E-state index is 16.5. The Morgan fingerprint density at radius 2 is 1.71 bits per heavy atom. The van der Waals surface area contributed by atoms with Gasteiger partial charge in [0.15, 0.2) is 5.82 Å². The summed E-state index contributed by atoms with van der Waals surface area (Å²) < 4.78 is 52.5. The number of rotatable bonds is 5. The number of hydrogen-bond acceptors (Lipinski definition) is 7. The Morgan fingerprint density at radius 3 is 2.48 bits per heavy atom. The van der Waals surface area contributed by atoms with Crippen LogP contribution in [0.5, 0.6) is 11.8 Å². The van der Waals surface area contributed by atoms with Gasteiger partial charge in [-0.2, -0.15) is 9.97 Å². The van der Waals surface area contributed by atoms with E-state index in [1.807, 2.05) is 29.2 Å². The molecule has 0 spiro atoms. The second kappa shape index (κ2) is 9.42. The monoisotopic (exact) mass is 575 g/mol. The number of phenols is 1. The molecule has 2 aromatic carbocycles. The summed E-state index contributed by atoms with van der Waals surface area (Å²) in [6.07, 6.45) is 6.73. The molecule has 0 radical (unpaired) electrons. The molecule has 0 amide bonds. The summed E-state index contributed by atoms with van der Waals surface area (Å²) in [5.74, 6) is -4.54. The lowest BCUT2D eigenvalue weighted by Gasteiger charge is -2.38. The summed E-state index contributed by atoms with van der Waals surface area (Å²) in [5, 5.41) is 12.3. The molecule has 4 aliphatic rings. The second-order valence-corrected chi connectivity index (χ2v) is 12.5. The normalized spacial score (nSPS) is 24.5. The Labute approximate surface area is 241 Å². The number of nitrogens with zero attached hydrogens (tertiary/aromatic N) is 5. The van der Waals surface area contributed by atoms with E-state index in [4.69, 9.17) is 9.72 Å². The van der Waals surface area contributed by atoms with E-state index >= 15 is 4.39 Å². The summed E-state index contributed by atoms with van der Waals surface area (Å²) >= 11 is 0. The van der Waals surface area contributed by atoms with Crippen LogP contribution in [-0.4, -0.2) is 69.2 Å². The summed E-state index contributed by atoms with van der Waals surface area (Å²) in [4.78, 5) is 18.1. The van der Waals surface area contributed by atoms with Gasteiger partial charge in [0.25, 0.3) is 5.92 Å². The van der Waals surface area contributed by atoms with Crippen molar-refractivity contribution in [2.75, 3.05) is 37.7 Å². The highest BCUT2D eigenvalue weighted by molar-refractivity contribution is 5.99. The molecular weight excluding hydrogens is 543 g/mol. The van der Waals surface area contributed by atoms with Crippen molar-refractivity contribution in [1.29, 1.82) is 0 Å². The zero-order valence-electron chi connectivity index (χ0n) is 23.2. The number of piperidine rings is 1. The number of benzene rings is 2. The van der Waals surface area contributed by atoms with Crippen molar-refractivity contribution < 1.29 is 23.0 Å². The molecule has 4 fully saturated rings. The molecule has 7 nitrogen and oxygen atoms in total. The number of fused-ring (bicyclic) bond motifs is 5. The highest BCUT2D eigenvalue weighted by atomic mass is 19.3. The maximum absolute atomic E-state index is 16.5. The molecule has 218 valence electrons. The van der Waals surface area contributed by atoms with E-state index < -0.39 is 23.6 Å². The fraction of sp³-hybridized carbons (Fsp3) is 0.469. The van der Waals surface area contributed by atoms with Crippen LogP contribution in [0.15, 0.2) is 42.6 Å². The summed E-state index contributed by atoms with van der Waals surface area (Å²) in [7, 11) is 0. The van der Waals surface area contributed by atoms with E-state index in [2.05, 4.69) is 14.9 Å². The van der Waals surface area contributed by atoms with Crippen LogP contribution >= 0.6 is 0 Å². The van der Waals surface area contributed by atoms with Gasteiger partial charge in [-0.15, -0.1) is 0 Å². The summed E-state index contributed by atoms with van der Waals surface area (Å²) in [6, 6.07) is 10.6. The zero-order valence-corrected chi connectivity index (χ0v) is 23.2. The molecule has 8 rings (SSSR count). The number of anilines is 1. The van der Waals surface area contributed by atoms with E-state index in [1.165, 1.54) is 12.3 Å². The molecule has 42 heavy (non-hydrogen) atoms. The number of hydrogen-bond donors (Lipinski definition) is 1. The number of ether oxygens (including phenoxy) is 1. The van der Waals surface area contributed by atoms with Crippen LogP contribution in [0, 0.1) is 17.7 Å². The Bertz CT molecular complexity index is 1690. The van der Waals surface area contributed by atoms with Gasteiger partial charge in [0, 0.05) is 36.7 Å². The highest BCUT2D eigenvalue weighted by Crippen LogP contribution is 2.50. The van der Waals surface area contributed by atoms with Gasteiger partial charge in [-0.1, -0.05) is 24.3 Å². The number of alkyl halides is 2. The molecule has 3 aliphatic heterocycles. The second-order valence-electron chi connectivity index (χ2n) is 12.5. The largest absolute Gasteiger partial charge is 0.508 e. The number of phenolic OH excluding ortho intramolecular Hbond substituents is 1. The van der Waals surface area contributed by atoms with Crippen LogP contribution in [0.3, 0.4) is 0 Å². The van der Waals surface area contributed by atoms with E-state index in [0.29, 0.717) is 36.2 Å². The van der Waals surface area contributed by atoms with Crippen LogP contribution in [-0.2, 0) is 0 Å². The zero-order chi connectivity index (χ0) is 28.6. The molecule has 1 saturated carbocycles. The number of aromatic hydroxyl groups is 1. The molecule has 2 atom stereocenters. The molecule has 5 heterocycles. The fourth-order valence-corrected chi connectivity index (χ4v) is 7.99. The van der Waals surface area contributed by atoms with Gasteiger partial charge in [0.05, 0.1) is 10.9 Å². The first kappa shape index (κ1) is 26.0. The predicted octanol–water partition coefficient (Wildman–Crippen LogP) is 6.18. The topological polar surface area (TPSA) is 74.6 Å². The third-order valence-corrected chi connectivity index (χ3v) is 10.2. The SMILES string of the molecule is Oc1cc(-c2ncc3c(N4CC5CCC(C4)C5(F)F)nc(OCC45CCCN4CCC5)nc3c2F)c2ccccc2c1. The molecule has 2 aromatic heterocycles. The Hall–Kier alpha value is -3.66. The first-order valence-corrected chi connectivity index (χ1v) is 14.9. The molecular formula is C32H32F3N5O2. The lowest BCUT2D eigenvalue weighted by atomic mass is 9.93. The lowest BCUT2D eigenvalue weighted by Crippen LogP contribution is -2.49. The Kier molecular flexibility index (Phi) is 5.83. The number of halogens is 3. The van der Waals surface area contributed by atoms with Crippen molar-refractivity contribution in [3.63, 3.8) is 0 Å². The first-order valence-electron chi connectivity index (χ1n) is 14.9. The van der Waals surface area contributed by atoms with Crippen LogP contribution < -0.4 is 9.64 Å². The molecule has 4 aromatic rings. The average molecular weight is 576 g/mol. The summed E-state index contributed by atoms with van der Waals surface area (Å²) in [5.41, 5.74) is 0.457. The van der Waals surface area contributed by atoms with Crippen molar-refractivity contribution >= 4 is 27.5 Å². The van der Waals surface area contributed by atoms with Gasteiger partial charge in [-0.25, -0.2) is 13.2 Å². The molecule has 1 aliphatic carbocycles. The van der Waals surface area contributed by atoms with Crippen molar-refractivity contribution in [3.8, 4) is 23.0 Å². The predicted molar refractivity (Wildman–Crippen MR) is 154 cm³/mol. The van der Waals surface area contributed by atoms with E-state index in [0.717, 1.165) is 49.5 Å². The molecule has 3 saturated heterocycles. The van der Waals surface area contributed by atoms with E-state index in [9.17, 15) is 13.9 Å². The van der Waals surface area contributed by atoms with Crippen molar-refractivity contribution in [1.82, 2.24) is 19.9 Å². The minimum Gasteiger partial charge on any atom is -0.508 e. The van der Waals surface area contributed by atoms with Gasteiger partial charge >= 0.3 is 6.01 Å². The summed E-state index contributed by atoms with van der Waals surface area (Å²) in [6.45, 7) is 2.75. The van der Waals surface area contributed by atoms with Crippen LogP contribution in [0.1, 0.15) is 38.5 Å². The molecule has 2 bridgehead atoms. The Balaban J connectivity index is 1.25. The quantitative estimate of drug-likeness (QED) is 0.305. The van der Waals surface area contributed by atoms with Gasteiger partial charge < -0.3 is 14.7 Å². The minimum absolute atomic E-state index is 0.000876. The van der Waals surface area contributed by atoms with Crippen LogP contribution in [0.25, 0.3) is 32.9 Å². The first-order chi connectivity index (χ1) is 20.3. The maximum Gasteiger partial charge on any atom is 0.319 e. The lowest BCUT2D eigenvalue weighted by molar-refractivity contribution is -0.0830. The highest BCUT2D eigenvalue weighted by Gasteiger charge is 2.56. The van der Waals surface area contributed by atoms with Gasteiger partial charge in [-0.05, 0) is 74.5 Å². The van der Waals surface area contributed by atoms with Gasteiger partial charge in [0.2, 0.25) is 0 Å².